The van der Waals surface area contributed by atoms with Crippen molar-refractivity contribution in [2.45, 2.75) is 62.2 Å². The second-order valence-corrected chi connectivity index (χ2v) is 11.6. The highest BCUT2D eigenvalue weighted by molar-refractivity contribution is 6.33. The molecular weight excluding hydrogens is 566 g/mol. The molecule has 1 aromatic carbocycles. The molecular formula is C29H34ClN5O7. The summed E-state index contributed by atoms with van der Waals surface area (Å²) in [7, 11) is 0. The lowest BCUT2D eigenvalue weighted by molar-refractivity contribution is 0.000590. The van der Waals surface area contributed by atoms with Crippen LogP contribution in [0, 0.1) is 0 Å². The van der Waals surface area contributed by atoms with Gasteiger partial charge in [0.05, 0.1) is 37.1 Å². The largest absolute Gasteiger partial charge is 0.456 e. The first-order valence-electron chi connectivity index (χ1n) is 14.5. The molecule has 2 aromatic heterocycles. The maximum absolute atomic E-state index is 12.3. The van der Waals surface area contributed by atoms with Gasteiger partial charge >= 0.3 is 6.09 Å². The number of anilines is 1. The van der Waals surface area contributed by atoms with Crippen LogP contribution >= 0.6 is 11.6 Å². The van der Waals surface area contributed by atoms with Gasteiger partial charge in [-0.2, -0.15) is 4.98 Å². The molecule has 0 spiro atoms. The van der Waals surface area contributed by atoms with Crippen LogP contribution in [0.25, 0.3) is 22.4 Å². The number of H-pyrrole nitrogens is 1. The van der Waals surface area contributed by atoms with E-state index in [0.717, 1.165) is 50.0 Å². The van der Waals surface area contributed by atoms with Crippen LogP contribution in [0.1, 0.15) is 25.7 Å². The van der Waals surface area contributed by atoms with Gasteiger partial charge in [0.1, 0.15) is 29.9 Å². The van der Waals surface area contributed by atoms with Crippen molar-refractivity contribution in [1.82, 2.24) is 20.3 Å². The molecule has 42 heavy (non-hydrogen) atoms. The summed E-state index contributed by atoms with van der Waals surface area (Å²) in [4.78, 5) is 27.0. The minimum Gasteiger partial charge on any atom is -0.456 e. The number of pyridine rings is 1. The monoisotopic (exact) mass is 599 g/mol. The van der Waals surface area contributed by atoms with Crippen molar-refractivity contribution >= 4 is 34.5 Å². The Labute approximate surface area is 247 Å². The summed E-state index contributed by atoms with van der Waals surface area (Å²) < 4.78 is 28.2. The zero-order valence-corrected chi connectivity index (χ0v) is 23.8. The van der Waals surface area contributed by atoms with Gasteiger partial charge in [-0.1, -0.05) is 23.7 Å². The maximum Gasteiger partial charge on any atom is 0.407 e. The number of aliphatic hydroxyl groups is 1. The van der Waals surface area contributed by atoms with E-state index < -0.39 is 6.10 Å². The average molecular weight is 600 g/mol. The van der Waals surface area contributed by atoms with E-state index in [1.807, 2.05) is 12.1 Å². The average Bonchev–Trinajstić information content (AvgIpc) is 3.70. The Morgan fingerprint density at radius 1 is 1.05 bits per heavy atom. The summed E-state index contributed by atoms with van der Waals surface area (Å²) in [6.07, 6.45) is 1.10. The summed E-state index contributed by atoms with van der Waals surface area (Å²) in [5.74, 6) is 0. The number of rotatable bonds is 6. The molecule has 1 amide bonds. The van der Waals surface area contributed by atoms with Gasteiger partial charge in [0.15, 0.2) is 11.8 Å². The SMILES string of the molecule is O=C(NC1CCN(c2ccc(-c3nc4[nH]c(O[C@@H]5CO[C@H]6[C@@H]5OC[C@H]6O)nc4cc3Cl)cc2)CC1)OC1CCOCC1. The Morgan fingerprint density at radius 2 is 1.81 bits per heavy atom. The predicted octanol–water partition coefficient (Wildman–Crippen LogP) is 3.06. The van der Waals surface area contributed by atoms with E-state index in [1.165, 1.54) is 0 Å². The normalized spacial score (nSPS) is 26.9. The van der Waals surface area contributed by atoms with Gasteiger partial charge in [-0.05, 0) is 31.0 Å². The topological polar surface area (TPSA) is 140 Å². The number of ether oxygens (including phenoxy) is 5. The molecule has 12 nitrogen and oxygen atoms in total. The standard InChI is InChI=1S/C29H34ClN5O7/c30-20-13-21-27(34-28(32-21)42-23-15-40-25-22(36)14-39-26(23)25)33-24(20)16-1-3-18(4-2-16)35-9-5-17(6-10-35)31-29(37)41-19-7-11-38-12-8-19/h1-4,13,17,19,22-23,25-26,36H,5-12,14-15H2,(H,31,37)(H,32,33,34)/t22-,23-,25-,26-/m1/s1. The molecule has 3 aromatic rings. The first-order chi connectivity index (χ1) is 20.5. The quantitative estimate of drug-likeness (QED) is 0.387. The van der Waals surface area contributed by atoms with Crippen molar-refractivity contribution in [3.63, 3.8) is 0 Å². The van der Waals surface area contributed by atoms with E-state index in [-0.39, 0.29) is 43.2 Å². The van der Waals surface area contributed by atoms with Gasteiger partial charge in [-0.15, -0.1) is 0 Å². The zero-order valence-electron chi connectivity index (χ0n) is 23.0. The molecule has 4 fully saturated rings. The van der Waals surface area contributed by atoms with Crippen LogP contribution in [0.5, 0.6) is 6.01 Å². The number of aromatic nitrogens is 3. The van der Waals surface area contributed by atoms with Crippen molar-refractivity contribution in [3.8, 4) is 17.3 Å². The van der Waals surface area contributed by atoms with Crippen molar-refractivity contribution in [3.05, 3.63) is 35.4 Å². The minimum absolute atomic E-state index is 0.0533. The van der Waals surface area contributed by atoms with Crippen LogP contribution in [0.15, 0.2) is 30.3 Å². The van der Waals surface area contributed by atoms with Crippen LogP contribution in [0.3, 0.4) is 0 Å². The molecule has 0 radical (unpaired) electrons. The Hall–Kier alpha value is -3.16. The molecule has 4 aliphatic heterocycles. The van der Waals surface area contributed by atoms with Crippen LogP contribution < -0.4 is 15.0 Å². The molecule has 0 aliphatic carbocycles. The number of carbonyl (C=O) groups is 1. The van der Waals surface area contributed by atoms with Crippen LogP contribution in [0.2, 0.25) is 5.02 Å². The van der Waals surface area contributed by atoms with Crippen molar-refractivity contribution in [2.24, 2.45) is 0 Å². The number of carbonyl (C=O) groups excluding carboxylic acids is 1. The van der Waals surface area contributed by atoms with Crippen molar-refractivity contribution in [2.75, 3.05) is 44.4 Å². The molecule has 7 rings (SSSR count). The fraction of sp³-hybridized carbons (Fsp3) is 0.552. The molecule has 224 valence electrons. The lowest BCUT2D eigenvalue weighted by Gasteiger charge is -2.34. The summed E-state index contributed by atoms with van der Waals surface area (Å²) in [6.45, 7) is 3.50. The number of amides is 1. The third kappa shape index (κ3) is 5.73. The first kappa shape index (κ1) is 27.7. The van der Waals surface area contributed by atoms with Gasteiger partial charge in [-0.25, -0.2) is 9.78 Å². The highest BCUT2D eigenvalue weighted by atomic mass is 35.5. The number of aromatic amines is 1. The summed E-state index contributed by atoms with van der Waals surface area (Å²) in [5, 5.41) is 13.5. The number of aliphatic hydroxyl groups excluding tert-OH is 1. The molecule has 0 unspecified atom stereocenters. The van der Waals surface area contributed by atoms with E-state index in [9.17, 15) is 9.90 Å². The number of hydrogen-bond acceptors (Lipinski definition) is 10. The van der Waals surface area contributed by atoms with E-state index >= 15 is 0 Å². The highest BCUT2D eigenvalue weighted by Gasteiger charge is 2.48. The number of fused-ring (bicyclic) bond motifs is 2. The Morgan fingerprint density at radius 3 is 2.60 bits per heavy atom. The van der Waals surface area contributed by atoms with Gasteiger partial charge in [0, 0.05) is 43.2 Å². The highest BCUT2D eigenvalue weighted by Crippen LogP contribution is 2.33. The van der Waals surface area contributed by atoms with E-state index in [0.29, 0.717) is 47.7 Å². The number of imidazole rings is 1. The molecule has 4 atom stereocenters. The molecule has 6 heterocycles. The summed E-state index contributed by atoms with van der Waals surface area (Å²) in [6, 6.07) is 10.3. The Kier molecular flexibility index (Phi) is 7.80. The van der Waals surface area contributed by atoms with Gasteiger partial charge < -0.3 is 39.0 Å². The third-order valence-corrected chi connectivity index (χ3v) is 8.70. The van der Waals surface area contributed by atoms with Crippen molar-refractivity contribution in [1.29, 1.82) is 0 Å². The van der Waals surface area contributed by atoms with Crippen LogP contribution in [-0.4, -0.2) is 102 Å². The minimum atomic E-state index is -0.643. The number of benzene rings is 1. The second kappa shape index (κ2) is 11.8. The Balaban J connectivity index is 0.958. The first-order valence-corrected chi connectivity index (χ1v) is 14.9. The number of nitrogens with one attached hydrogen (secondary N) is 2. The summed E-state index contributed by atoms with van der Waals surface area (Å²) in [5.41, 5.74) is 3.78. The molecule has 0 saturated carbocycles. The molecule has 0 bridgehead atoms. The summed E-state index contributed by atoms with van der Waals surface area (Å²) >= 11 is 6.63. The van der Waals surface area contributed by atoms with Gasteiger partial charge in [0.2, 0.25) is 0 Å². The fourth-order valence-electron chi connectivity index (χ4n) is 6.10. The molecule has 4 aliphatic rings. The third-order valence-electron chi connectivity index (χ3n) is 8.41. The zero-order chi connectivity index (χ0) is 28.6. The van der Waals surface area contributed by atoms with Gasteiger partial charge in [-0.3, -0.25) is 4.98 Å². The van der Waals surface area contributed by atoms with E-state index in [1.54, 1.807) is 6.07 Å². The second-order valence-electron chi connectivity index (χ2n) is 11.2. The number of piperidine rings is 1. The van der Waals surface area contributed by atoms with Crippen molar-refractivity contribution < 1.29 is 33.6 Å². The van der Waals surface area contributed by atoms with Crippen LogP contribution in [0.4, 0.5) is 10.5 Å². The van der Waals surface area contributed by atoms with E-state index in [2.05, 4.69) is 32.3 Å². The fourth-order valence-corrected chi connectivity index (χ4v) is 6.35. The predicted molar refractivity (Wildman–Crippen MR) is 153 cm³/mol. The number of hydrogen-bond donors (Lipinski definition) is 3. The van der Waals surface area contributed by atoms with E-state index in [4.69, 9.17) is 40.3 Å². The molecule has 4 saturated heterocycles. The molecule has 13 heteroatoms. The smallest absolute Gasteiger partial charge is 0.407 e. The Bertz CT molecular complexity index is 1410. The number of halogens is 1. The lowest BCUT2D eigenvalue weighted by Crippen LogP contribution is -2.45. The maximum atomic E-state index is 12.3. The molecule has 3 N–H and O–H groups in total. The number of nitrogens with zero attached hydrogens (tertiary/aromatic N) is 3. The van der Waals surface area contributed by atoms with Crippen LogP contribution in [-0.2, 0) is 18.9 Å². The van der Waals surface area contributed by atoms with Gasteiger partial charge in [0.25, 0.3) is 6.01 Å². The number of alkyl carbamates (subject to hydrolysis) is 1. The lowest BCUT2D eigenvalue weighted by atomic mass is 10.0.